The Balaban J connectivity index is 2.20. The van der Waals surface area contributed by atoms with Crippen LogP contribution < -0.4 is 14.8 Å². The highest BCUT2D eigenvalue weighted by atomic mass is 35.5. The predicted octanol–water partition coefficient (Wildman–Crippen LogP) is 4.17. The van der Waals surface area contributed by atoms with Crippen LogP contribution in [0.3, 0.4) is 0 Å². The van der Waals surface area contributed by atoms with E-state index < -0.39 is 0 Å². The van der Waals surface area contributed by atoms with Crippen LogP contribution in [0, 0.1) is 6.92 Å². The molecule has 0 bridgehead atoms. The number of aryl methyl sites for hydroxylation is 1. The summed E-state index contributed by atoms with van der Waals surface area (Å²) in [4.78, 5) is 16.7. The van der Waals surface area contributed by atoms with Gasteiger partial charge in [-0.15, -0.1) is 0 Å². The van der Waals surface area contributed by atoms with Crippen LogP contribution in [-0.4, -0.2) is 32.2 Å². The lowest BCUT2D eigenvalue weighted by atomic mass is 10.0. The normalized spacial score (nSPS) is 10.7. The second-order valence-corrected chi connectivity index (χ2v) is 6.59. The fraction of sp³-hybridized carbons (Fsp3) is 0.238. The van der Waals surface area contributed by atoms with Gasteiger partial charge in [0.2, 0.25) is 5.91 Å². The van der Waals surface area contributed by atoms with Crippen LogP contribution in [-0.2, 0) is 11.2 Å². The zero-order valence-electron chi connectivity index (χ0n) is 15.7. The SMILES string of the molecule is CNC(=O)Cc1cccc2c(C)cc(-c3cc(Cl)c(OC)c(OC)c3)nc12. The van der Waals surface area contributed by atoms with Crippen molar-refractivity contribution in [2.45, 2.75) is 13.3 Å². The molecule has 140 valence electrons. The number of carbonyl (C=O) groups excluding carboxylic acids is 1. The molecule has 0 radical (unpaired) electrons. The van der Waals surface area contributed by atoms with Crippen molar-refractivity contribution in [1.82, 2.24) is 10.3 Å². The van der Waals surface area contributed by atoms with Crippen molar-refractivity contribution in [3.05, 3.63) is 52.5 Å². The van der Waals surface area contributed by atoms with E-state index in [0.717, 1.165) is 33.3 Å². The minimum atomic E-state index is -0.0542. The van der Waals surface area contributed by atoms with Gasteiger partial charge in [-0.1, -0.05) is 29.8 Å². The number of aromatic nitrogens is 1. The number of benzene rings is 2. The summed E-state index contributed by atoms with van der Waals surface area (Å²) in [7, 11) is 4.74. The number of amides is 1. The lowest BCUT2D eigenvalue weighted by Gasteiger charge is -2.14. The number of carbonyl (C=O) groups is 1. The number of methoxy groups -OCH3 is 2. The number of para-hydroxylation sites is 1. The van der Waals surface area contributed by atoms with Gasteiger partial charge in [-0.25, -0.2) is 4.98 Å². The molecule has 3 rings (SSSR count). The number of halogens is 1. The molecule has 0 atom stereocenters. The highest BCUT2D eigenvalue weighted by Crippen LogP contribution is 2.39. The monoisotopic (exact) mass is 384 g/mol. The average molecular weight is 385 g/mol. The van der Waals surface area contributed by atoms with Crippen LogP contribution in [0.15, 0.2) is 36.4 Å². The Kier molecular flexibility index (Phi) is 5.51. The molecular formula is C21H21ClN2O3. The maximum absolute atomic E-state index is 11.9. The predicted molar refractivity (Wildman–Crippen MR) is 108 cm³/mol. The summed E-state index contributed by atoms with van der Waals surface area (Å²) >= 11 is 6.35. The lowest BCUT2D eigenvalue weighted by Crippen LogP contribution is -2.20. The van der Waals surface area contributed by atoms with E-state index in [1.54, 1.807) is 27.3 Å². The maximum atomic E-state index is 11.9. The van der Waals surface area contributed by atoms with Gasteiger partial charge in [-0.2, -0.15) is 0 Å². The highest BCUT2D eigenvalue weighted by molar-refractivity contribution is 6.32. The molecule has 3 aromatic rings. The first-order valence-corrected chi connectivity index (χ1v) is 8.88. The van der Waals surface area contributed by atoms with Gasteiger partial charge in [0.15, 0.2) is 11.5 Å². The lowest BCUT2D eigenvalue weighted by molar-refractivity contribution is -0.119. The Bertz CT molecular complexity index is 1020. The molecule has 1 heterocycles. The molecule has 0 aliphatic rings. The summed E-state index contributed by atoms with van der Waals surface area (Å²) in [5, 5.41) is 4.13. The number of hydrogen-bond donors (Lipinski definition) is 1. The fourth-order valence-electron chi connectivity index (χ4n) is 3.09. The van der Waals surface area contributed by atoms with Gasteiger partial charge in [0, 0.05) is 18.0 Å². The van der Waals surface area contributed by atoms with Gasteiger partial charge in [-0.05, 0) is 36.2 Å². The third kappa shape index (κ3) is 3.69. The Morgan fingerprint density at radius 3 is 2.63 bits per heavy atom. The van der Waals surface area contributed by atoms with Crippen LogP contribution in [0.1, 0.15) is 11.1 Å². The summed E-state index contributed by atoms with van der Waals surface area (Å²) in [6, 6.07) is 11.5. The van der Waals surface area contributed by atoms with E-state index in [4.69, 9.17) is 26.1 Å². The Labute approximate surface area is 163 Å². The van der Waals surface area contributed by atoms with Crippen molar-refractivity contribution in [2.24, 2.45) is 0 Å². The molecule has 1 N–H and O–H groups in total. The number of ether oxygens (including phenoxy) is 2. The molecular weight excluding hydrogens is 364 g/mol. The van der Waals surface area contributed by atoms with Gasteiger partial charge in [0.1, 0.15) is 0 Å². The third-order valence-electron chi connectivity index (χ3n) is 4.49. The zero-order chi connectivity index (χ0) is 19.6. The topological polar surface area (TPSA) is 60.5 Å². The second kappa shape index (κ2) is 7.84. The van der Waals surface area contributed by atoms with Crippen molar-refractivity contribution in [1.29, 1.82) is 0 Å². The molecule has 0 saturated carbocycles. The number of pyridine rings is 1. The van der Waals surface area contributed by atoms with Crippen LogP contribution in [0.2, 0.25) is 5.02 Å². The van der Waals surface area contributed by atoms with Crippen molar-refractivity contribution in [3.63, 3.8) is 0 Å². The summed E-state index contributed by atoms with van der Waals surface area (Å²) in [5.41, 5.74) is 4.33. The first kappa shape index (κ1) is 19.0. The first-order chi connectivity index (χ1) is 13.0. The minimum absolute atomic E-state index is 0.0542. The molecule has 0 saturated heterocycles. The fourth-order valence-corrected chi connectivity index (χ4v) is 3.38. The van der Waals surface area contributed by atoms with Crippen molar-refractivity contribution < 1.29 is 14.3 Å². The van der Waals surface area contributed by atoms with Gasteiger partial charge in [-0.3, -0.25) is 4.79 Å². The maximum Gasteiger partial charge on any atom is 0.224 e. The number of rotatable bonds is 5. The van der Waals surface area contributed by atoms with Crippen LogP contribution >= 0.6 is 11.6 Å². The third-order valence-corrected chi connectivity index (χ3v) is 4.77. The van der Waals surface area contributed by atoms with E-state index >= 15 is 0 Å². The van der Waals surface area contributed by atoms with Gasteiger partial charge in [0.25, 0.3) is 0 Å². The Morgan fingerprint density at radius 1 is 1.19 bits per heavy atom. The van der Waals surface area contributed by atoms with E-state index in [0.29, 0.717) is 16.5 Å². The molecule has 5 nitrogen and oxygen atoms in total. The molecule has 1 aromatic heterocycles. The smallest absolute Gasteiger partial charge is 0.224 e. The van der Waals surface area contributed by atoms with Gasteiger partial charge < -0.3 is 14.8 Å². The Hall–Kier alpha value is -2.79. The van der Waals surface area contributed by atoms with Crippen molar-refractivity contribution in [2.75, 3.05) is 21.3 Å². The van der Waals surface area contributed by atoms with Gasteiger partial charge in [0.05, 0.1) is 36.9 Å². The van der Waals surface area contributed by atoms with Crippen molar-refractivity contribution >= 4 is 28.4 Å². The summed E-state index contributed by atoms with van der Waals surface area (Å²) in [5.74, 6) is 0.973. The summed E-state index contributed by atoms with van der Waals surface area (Å²) in [6.07, 6.45) is 0.274. The zero-order valence-corrected chi connectivity index (χ0v) is 16.5. The molecule has 0 aliphatic heterocycles. The molecule has 6 heteroatoms. The van der Waals surface area contributed by atoms with E-state index in [1.807, 2.05) is 37.3 Å². The number of nitrogens with zero attached hydrogens (tertiary/aromatic N) is 1. The second-order valence-electron chi connectivity index (χ2n) is 6.18. The van der Waals surface area contributed by atoms with Crippen LogP contribution in [0.5, 0.6) is 11.5 Å². The van der Waals surface area contributed by atoms with Crippen molar-refractivity contribution in [3.8, 4) is 22.8 Å². The first-order valence-electron chi connectivity index (χ1n) is 8.50. The largest absolute Gasteiger partial charge is 0.493 e. The van der Waals surface area contributed by atoms with Crippen LogP contribution in [0.4, 0.5) is 0 Å². The summed E-state index contributed by atoms with van der Waals surface area (Å²) < 4.78 is 10.7. The van der Waals surface area contributed by atoms with E-state index in [-0.39, 0.29) is 12.3 Å². The molecule has 0 spiro atoms. The average Bonchev–Trinajstić information content (AvgIpc) is 2.67. The minimum Gasteiger partial charge on any atom is -0.493 e. The van der Waals surface area contributed by atoms with Gasteiger partial charge >= 0.3 is 0 Å². The van der Waals surface area contributed by atoms with E-state index in [1.165, 1.54) is 0 Å². The van der Waals surface area contributed by atoms with E-state index in [2.05, 4.69) is 5.32 Å². The standard InChI is InChI=1S/C21H21ClN2O3/c1-12-8-17(14-9-16(22)21(27-4)18(10-14)26-3)24-20-13(11-19(25)23-2)6-5-7-15(12)20/h5-10H,11H2,1-4H3,(H,23,25). The van der Waals surface area contributed by atoms with Crippen LogP contribution in [0.25, 0.3) is 22.2 Å². The number of fused-ring (bicyclic) bond motifs is 1. The number of nitrogens with one attached hydrogen (secondary N) is 1. The Morgan fingerprint density at radius 2 is 1.96 bits per heavy atom. The van der Waals surface area contributed by atoms with E-state index in [9.17, 15) is 4.79 Å². The number of hydrogen-bond acceptors (Lipinski definition) is 4. The molecule has 1 amide bonds. The molecule has 0 fully saturated rings. The molecule has 0 unspecified atom stereocenters. The molecule has 2 aromatic carbocycles. The highest BCUT2D eigenvalue weighted by Gasteiger charge is 2.15. The molecule has 0 aliphatic carbocycles. The number of likely N-dealkylation sites (N-methyl/N-ethyl adjacent to an activating group) is 1. The summed E-state index contributed by atoms with van der Waals surface area (Å²) in [6.45, 7) is 2.03. The quantitative estimate of drug-likeness (QED) is 0.717. The molecule has 27 heavy (non-hydrogen) atoms.